The molecule has 0 amide bonds. The van der Waals surface area contributed by atoms with Crippen LogP contribution in [0.1, 0.15) is 11.1 Å². The van der Waals surface area contributed by atoms with Gasteiger partial charge in [0.2, 0.25) is 0 Å². The first-order valence-electron chi connectivity index (χ1n) is 5.94. The molecule has 0 unspecified atom stereocenters. The zero-order chi connectivity index (χ0) is 12.7. The van der Waals surface area contributed by atoms with Crippen molar-refractivity contribution in [3.8, 4) is 5.69 Å². The summed E-state index contributed by atoms with van der Waals surface area (Å²) in [5.74, 6) is 0. The summed E-state index contributed by atoms with van der Waals surface area (Å²) in [5.41, 5.74) is 4.05. The van der Waals surface area contributed by atoms with Gasteiger partial charge in [-0.05, 0) is 37.6 Å². The lowest BCUT2D eigenvalue weighted by Crippen LogP contribution is -2.15. The highest BCUT2D eigenvalue weighted by atomic mass is 16.1. The maximum Gasteiger partial charge on any atom is 0.279 e. The Kier molecular flexibility index (Phi) is 2.33. The third kappa shape index (κ3) is 1.56. The molecule has 90 valence electrons. The summed E-state index contributed by atoms with van der Waals surface area (Å²) in [6.45, 7) is 4.06. The Bertz CT molecular complexity index is 781. The van der Waals surface area contributed by atoms with Crippen molar-refractivity contribution in [2.24, 2.45) is 0 Å². The molecule has 0 bridgehead atoms. The lowest BCUT2D eigenvalue weighted by atomic mass is 10.1. The van der Waals surface area contributed by atoms with Crippen molar-refractivity contribution in [2.45, 2.75) is 13.8 Å². The van der Waals surface area contributed by atoms with Crippen LogP contribution in [0.5, 0.6) is 0 Å². The molecule has 0 saturated heterocycles. The van der Waals surface area contributed by atoms with Crippen LogP contribution >= 0.6 is 0 Å². The Hall–Kier alpha value is -2.29. The third-order valence-electron chi connectivity index (χ3n) is 3.19. The first-order chi connectivity index (χ1) is 8.66. The molecule has 3 nitrogen and oxygen atoms in total. The van der Waals surface area contributed by atoms with Gasteiger partial charge in [-0.25, -0.2) is 4.68 Å². The number of aromatic amines is 1. The van der Waals surface area contributed by atoms with Crippen LogP contribution in [0.2, 0.25) is 0 Å². The van der Waals surface area contributed by atoms with E-state index in [1.165, 1.54) is 5.56 Å². The molecule has 1 aromatic heterocycles. The zero-order valence-corrected chi connectivity index (χ0v) is 10.4. The van der Waals surface area contributed by atoms with Crippen LogP contribution in [0.25, 0.3) is 16.6 Å². The van der Waals surface area contributed by atoms with E-state index in [0.29, 0.717) is 0 Å². The van der Waals surface area contributed by atoms with Gasteiger partial charge in [0.1, 0.15) is 0 Å². The summed E-state index contributed by atoms with van der Waals surface area (Å²) in [6, 6.07) is 13.6. The van der Waals surface area contributed by atoms with Gasteiger partial charge in [-0.1, -0.05) is 29.8 Å². The highest BCUT2D eigenvalue weighted by Crippen LogP contribution is 2.15. The van der Waals surface area contributed by atoms with Crippen molar-refractivity contribution in [1.29, 1.82) is 0 Å². The number of para-hydroxylation sites is 1. The highest BCUT2D eigenvalue weighted by molar-refractivity contribution is 5.78. The molecular weight excluding hydrogens is 224 g/mol. The molecule has 18 heavy (non-hydrogen) atoms. The molecule has 3 heteroatoms. The van der Waals surface area contributed by atoms with Crippen LogP contribution in [0.3, 0.4) is 0 Å². The van der Waals surface area contributed by atoms with Crippen LogP contribution < -0.4 is 5.56 Å². The van der Waals surface area contributed by atoms with E-state index in [9.17, 15) is 4.79 Å². The predicted octanol–water partition coefficient (Wildman–Crippen LogP) is 2.94. The van der Waals surface area contributed by atoms with Gasteiger partial charge in [0.05, 0.1) is 16.6 Å². The van der Waals surface area contributed by atoms with Crippen molar-refractivity contribution in [3.05, 3.63) is 63.9 Å². The number of nitrogens with one attached hydrogen (secondary N) is 1. The van der Waals surface area contributed by atoms with E-state index in [1.54, 1.807) is 4.68 Å². The van der Waals surface area contributed by atoms with E-state index >= 15 is 0 Å². The van der Waals surface area contributed by atoms with E-state index in [-0.39, 0.29) is 5.56 Å². The van der Waals surface area contributed by atoms with E-state index in [2.05, 4.69) is 11.2 Å². The summed E-state index contributed by atoms with van der Waals surface area (Å²) in [7, 11) is 0. The zero-order valence-electron chi connectivity index (χ0n) is 10.4. The average molecular weight is 238 g/mol. The molecule has 0 aliphatic rings. The minimum Gasteiger partial charge on any atom is -0.290 e. The van der Waals surface area contributed by atoms with Crippen LogP contribution in [0.15, 0.2) is 47.3 Å². The number of rotatable bonds is 1. The fourth-order valence-electron chi connectivity index (χ4n) is 2.28. The molecule has 3 rings (SSSR count). The first kappa shape index (κ1) is 10.8. The van der Waals surface area contributed by atoms with Gasteiger partial charge in [0.25, 0.3) is 5.56 Å². The quantitative estimate of drug-likeness (QED) is 0.695. The van der Waals surface area contributed by atoms with Gasteiger partial charge in [-0.2, -0.15) is 0 Å². The Morgan fingerprint density at radius 1 is 1.06 bits per heavy atom. The van der Waals surface area contributed by atoms with Crippen LogP contribution in [-0.4, -0.2) is 9.78 Å². The normalized spacial score (nSPS) is 11.0. The predicted molar refractivity (Wildman–Crippen MR) is 73.4 cm³/mol. The van der Waals surface area contributed by atoms with Crippen molar-refractivity contribution in [3.63, 3.8) is 0 Å². The Balaban J connectivity index is 2.32. The summed E-state index contributed by atoms with van der Waals surface area (Å²) in [5, 5.41) is 3.86. The Labute approximate surface area is 105 Å². The van der Waals surface area contributed by atoms with Crippen molar-refractivity contribution in [1.82, 2.24) is 9.78 Å². The molecule has 0 radical (unpaired) electrons. The lowest BCUT2D eigenvalue weighted by Gasteiger charge is -2.06. The summed E-state index contributed by atoms with van der Waals surface area (Å²) >= 11 is 0. The van der Waals surface area contributed by atoms with Gasteiger partial charge in [0, 0.05) is 0 Å². The van der Waals surface area contributed by atoms with E-state index in [1.807, 2.05) is 50.2 Å². The lowest BCUT2D eigenvalue weighted by molar-refractivity contribution is 0.855. The van der Waals surface area contributed by atoms with Crippen molar-refractivity contribution >= 4 is 10.9 Å². The fourth-order valence-corrected chi connectivity index (χ4v) is 2.28. The molecule has 0 aliphatic carbocycles. The van der Waals surface area contributed by atoms with Gasteiger partial charge >= 0.3 is 0 Å². The summed E-state index contributed by atoms with van der Waals surface area (Å²) < 4.78 is 1.61. The Morgan fingerprint density at radius 3 is 2.56 bits per heavy atom. The van der Waals surface area contributed by atoms with Gasteiger partial charge in [-0.15, -0.1) is 0 Å². The SMILES string of the molecule is Cc1ccc(-n2[nH]c3ccccc3c2=O)c(C)c1. The highest BCUT2D eigenvalue weighted by Gasteiger charge is 2.09. The maximum absolute atomic E-state index is 12.3. The van der Waals surface area contributed by atoms with Crippen LogP contribution in [0, 0.1) is 13.8 Å². The number of fused-ring (bicyclic) bond motifs is 1. The summed E-state index contributed by atoms with van der Waals surface area (Å²) in [4.78, 5) is 12.3. The molecule has 1 N–H and O–H groups in total. The monoisotopic (exact) mass is 238 g/mol. The maximum atomic E-state index is 12.3. The van der Waals surface area contributed by atoms with Crippen molar-refractivity contribution < 1.29 is 0 Å². The molecule has 0 spiro atoms. The first-order valence-corrected chi connectivity index (χ1v) is 5.94. The second-order valence-electron chi connectivity index (χ2n) is 4.59. The number of benzene rings is 2. The standard InChI is InChI=1S/C15H14N2O/c1-10-7-8-14(11(2)9-10)17-15(18)12-5-3-4-6-13(12)16-17/h3-9,16H,1-2H3. The van der Waals surface area contributed by atoms with E-state index in [0.717, 1.165) is 22.2 Å². The minimum atomic E-state index is -0.00227. The number of aromatic nitrogens is 2. The fraction of sp³-hybridized carbons (Fsp3) is 0.133. The molecule has 3 aromatic rings. The number of hydrogen-bond donors (Lipinski definition) is 1. The molecular formula is C15H14N2O. The largest absolute Gasteiger partial charge is 0.290 e. The second-order valence-corrected chi connectivity index (χ2v) is 4.59. The molecule has 1 heterocycles. The van der Waals surface area contributed by atoms with Gasteiger partial charge in [0.15, 0.2) is 0 Å². The second kappa shape index (κ2) is 3.88. The molecule has 0 fully saturated rings. The van der Waals surface area contributed by atoms with Crippen molar-refractivity contribution in [2.75, 3.05) is 0 Å². The third-order valence-corrected chi connectivity index (χ3v) is 3.19. The Morgan fingerprint density at radius 2 is 1.83 bits per heavy atom. The van der Waals surface area contributed by atoms with Crippen LogP contribution in [0.4, 0.5) is 0 Å². The summed E-state index contributed by atoms with van der Waals surface area (Å²) in [6.07, 6.45) is 0. The molecule has 0 atom stereocenters. The smallest absolute Gasteiger partial charge is 0.279 e. The number of aryl methyl sites for hydroxylation is 2. The number of nitrogens with zero attached hydrogens (tertiary/aromatic N) is 1. The molecule has 0 aliphatic heterocycles. The van der Waals surface area contributed by atoms with Crippen LogP contribution in [-0.2, 0) is 0 Å². The minimum absolute atomic E-state index is 0.00227. The van der Waals surface area contributed by atoms with E-state index in [4.69, 9.17) is 0 Å². The average Bonchev–Trinajstić information content (AvgIpc) is 2.68. The number of hydrogen-bond acceptors (Lipinski definition) is 1. The topological polar surface area (TPSA) is 37.8 Å². The van der Waals surface area contributed by atoms with E-state index < -0.39 is 0 Å². The van der Waals surface area contributed by atoms with Gasteiger partial charge in [-0.3, -0.25) is 9.89 Å². The molecule has 2 aromatic carbocycles. The van der Waals surface area contributed by atoms with Gasteiger partial charge < -0.3 is 0 Å². The number of H-pyrrole nitrogens is 1. The molecule has 0 saturated carbocycles.